The molecule has 1 aliphatic heterocycles. The predicted octanol–water partition coefficient (Wildman–Crippen LogP) is 8.91. The van der Waals surface area contributed by atoms with Gasteiger partial charge in [-0.2, -0.15) is 0 Å². The van der Waals surface area contributed by atoms with Crippen molar-refractivity contribution in [2.24, 2.45) is 0 Å². The summed E-state index contributed by atoms with van der Waals surface area (Å²) in [6.45, 7) is 0. The van der Waals surface area contributed by atoms with Gasteiger partial charge in [-0.15, -0.1) is 11.8 Å². The molecule has 8 rings (SSSR count). The molecule has 6 aromatic rings. The van der Waals surface area contributed by atoms with Crippen LogP contribution in [-0.4, -0.2) is 0 Å². The van der Waals surface area contributed by atoms with Gasteiger partial charge in [-0.3, -0.25) is 0 Å². The van der Waals surface area contributed by atoms with Crippen LogP contribution in [0.1, 0.15) is 22.3 Å². The summed E-state index contributed by atoms with van der Waals surface area (Å²) in [5, 5.41) is 5.28. The van der Waals surface area contributed by atoms with Crippen molar-refractivity contribution in [3.05, 3.63) is 156 Å². The second-order valence-electron chi connectivity index (χ2n) is 9.61. The van der Waals surface area contributed by atoms with E-state index in [1.54, 1.807) is 0 Å². The topological polar surface area (TPSA) is 0 Å². The van der Waals surface area contributed by atoms with E-state index in [2.05, 4.69) is 145 Å². The fourth-order valence-corrected chi connectivity index (χ4v) is 8.59. The van der Waals surface area contributed by atoms with Crippen molar-refractivity contribution in [3.8, 4) is 11.1 Å². The fraction of sp³-hybridized carbons (Fsp3) is 0.0588. The average molecular weight is 463 g/mol. The molecule has 35 heavy (non-hydrogen) atoms. The minimum absolute atomic E-state index is 0.158. The molecule has 1 saturated heterocycles. The molecule has 1 fully saturated rings. The van der Waals surface area contributed by atoms with E-state index in [-0.39, 0.29) is 9.49 Å². The van der Waals surface area contributed by atoms with E-state index in [1.165, 1.54) is 54.9 Å². The van der Waals surface area contributed by atoms with E-state index in [4.69, 9.17) is 0 Å². The Kier molecular flexibility index (Phi) is 3.83. The summed E-state index contributed by atoms with van der Waals surface area (Å²) in [5.41, 5.74) is 8.43. The Morgan fingerprint density at radius 2 is 0.714 bits per heavy atom. The Labute approximate surface area is 209 Å². The van der Waals surface area contributed by atoms with Gasteiger partial charge >= 0.3 is 0 Å². The van der Waals surface area contributed by atoms with Gasteiger partial charge in [0.2, 0.25) is 0 Å². The van der Waals surface area contributed by atoms with E-state index in [9.17, 15) is 0 Å². The molecular formula is C34H22S. The Hall–Kier alpha value is -3.81. The van der Waals surface area contributed by atoms with Crippen LogP contribution in [0.2, 0.25) is 0 Å². The summed E-state index contributed by atoms with van der Waals surface area (Å²) < 4.78 is -0.383. The van der Waals surface area contributed by atoms with Crippen LogP contribution >= 0.6 is 11.8 Å². The van der Waals surface area contributed by atoms with Crippen molar-refractivity contribution in [3.63, 3.8) is 0 Å². The summed E-state index contributed by atoms with van der Waals surface area (Å²) in [6, 6.07) is 49.6. The van der Waals surface area contributed by atoms with Gasteiger partial charge in [0.15, 0.2) is 0 Å². The second kappa shape index (κ2) is 6.87. The minimum Gasteiger partial charge on any atom is -0.124 e. The number of thioether (sulfide) groups is 1. The second-order valence-corrected chi connectivity index (χ2v) is 11.0. The highest BCUT2D eigenvalue weighted by Gasteiger charge is 2.75. The predicted molar refractivity (Wildman–Crippen MR) is 149 cm³/mol. The largest absolute Gasteiger partial charge is 0.124 e. The van der Waals surface area contributed by atoms with E-state index in [0.717, 1.165) is 0 Å². The molecular weight excluding hydrogens is 440 g/mol. The van der Waals surface area contributed by atoms with Gasteiger partial charge in [0.05, 0.1) is 9.49 Å². The fourth-order valence-electron chi connectivity index (χ4n) is 6.59. The summed E-state index contributed by atoms with van der Waals surface area (Å²) in [5.74, 6) is 0. The number of hydrogen-bond acceptors (Lipinski definition) is 1. The third kappa shape index (κ3) is 2.34. The third-order valence-corrected chi connectivity index (χ3v) is 9.90. The van der Waals surface area contributed by atoms with E-state index in [1.807, 2.05) is 0 Å². The Balaban J connectivity index is 1.55. The van der Waals surface area contributed by atoms with Crippen LogP contribution in [0.4, 0.5) is 0 Å². The molecule has 0 saturated carbocycles. The van der Waals surface area contributed by atoms with E-state index < -0.39 is 0 Å². The standard InChI is InChI=1S/C34H22S/c1-3-15-25-23(11-1)13-9-21-29(25)33(30-22-10-14-24-12-2-4-16-26(24)30)34(35-33)31-19-7-5-17-27(31)28-18-6-8-20-32(28)34/h1-22H. The Morgan fingerprint density at radius 1 is 0.343 bits per heavy atom. The number of benzene rings is 6. The highest BCUT2D eigenvalue weighted by atomic mass is 32.2. The first kappa shape index (κ1) is 19.5. The zero-order chi connectivity index (χ0) is 23.0. The molecule has 0 atom stereocenters. The SMILES string of the molecule is c1ccc2c(c1)-c1ccccc1C21SC1(c1cccc2ccccc12)c1cccc2ccccc12. The monoisotopic (exact) mass is 462 g/mol. The minimum atomic E-state index is -0.225. The van der Waals surface area contributed by atoms with Crippen LogP contribution in [0.15, 0.2) is 133 Å². The first-order valence-electron chi connectivity index (χ1n) is 12.2. The van der Waals surface area contributed by atoms with Crippen LogP contribution in [0.5, 0.6) is 0 Å². The van der Waals surface area contributed by atoms with Crippen LogP contribution < -0.4 is 0 Å². The van der Waals surface area contributed by atoms with Gasteiger partial charge < -0.3 is 0 Å². The van der Waals surface area contributed by atoms with Crippen molar-refractivity contribution in [2.75, 3.05) is 0 Å². The normalized spacial score (nSPS) is 16.3. The lowest BCUT2D eigenvalue weighted by Crippen LogP contribution is -2.24. The first-order valence-corrected chi connectivity index (χ1v) is 13.0. The number of hydrogen-bond donors (Lipinski definition) is 0. The molecule has 1 aliphatic carbocycles. The Bertz CT molecular complexity index is 1660. The van der Waals surface area contributed by atoms with Gasteiger partial charge in [0.25, 0.3) is 0 Å². The smallest absolute Gasteiger partial charge is 0.0911 e. The molecule has 0 nitrogen and oxygen atoms in total. The molecule has 0 amide bonds. The highest BCUT2D eigenvalue weighted by molar-refractivity contribution is 8.09. The molecule has 0 unspecified atom stereocenters. The van der Waals surface area contributed by atoms with Crippen molar-refractivity contribution in [1.82, 2.24) is 0 Å². The summed E-state index contributed by atoms with van der Waals surface area (Å²) in [6.07, 6.45) is 0. The molecule has 1 spiro atoms. The van der Waals surface area contributed by atoms with Crippen LogP contribution in [0.25, 0.3) is 32.7 Å². The molecule has 1 heterocycles. The van der Waals surface area contributed by atoms with E-state index >= 15 is 0 Å². The summed E-state index contributed by atoms with van der Waals surface area (Å²) in [7, 11) is 0. The lowest BCUT2D eigenvalue weighted by molar-refractivity contribution is 0.714. The van der Waals surface area contributed by atoms with Crippen molar-refractivity contribution in [1.29, 1.82) is 0 Å². The van der Waals surface area contributed by atoms with E-state index in [0.29, 0.717) is 0 Å². The molecule has 0 aromatic heterocycles. The van der Waals surface area contributed by atoms with Gasteiger partial charge in [0.1, 0.15) is 0 Å². The molecule has 0 bridgehead atoms. The zero-order valence-corrected chi connectivity index (χ0v) is 19.9. The van der Waals surface area contributed by atoms with Gasteiger partial charge in [-0.05, 0) is 54.9 Å². The highest BCUT2D eigenvalue weighted by Crippen LogP contribution is 2.84. The molecule has 164 valence electrons. The average Bonchev–Trinajstić information content (AvgIpc) is 3.55. The Morgan fingerprint density at radius 3 is 1.26 bits per heavy atom. The molecule has 1 heteroatoms. The van der Waals surface area contributed by atoms with Gasteiger partial charge in [-0.1, -0.05) is 133 Å². The van der Waals surface area contributed by atoms with Gasteiger partial charge in [0, 0.05) is 0 Å². The lowest BCUT2D eigenvalue weighted by Gasteiger charge is -2.26. The first-order chi connectivity index (χ1) is 17.3. The van der Waals surface area contributed by atoms with Gasteiger partial charge in [-0.25, -0.2) is 0 Å². The molecule has 6 aromatic carbocycles. The molecule has 0 radical (unpaired) electrons. The van der Waals surface area contributed by atoms with Crippen molar-refractivity contribution >= 4 is 33.3 Å². The zero-order valence-electron chi connectivity index (χ0n) is 19.1. The van der Waals surface area contributed by atoms with Crippen LogP contribution in [0.3, 0.4) is 0 Å². The summed E-state index contributed by atoms with van der Waals surface area (Å²) in [4.78, 5) is 0. The maximum Gasteiger partial charge on any atom is 0.0911 e. The van der Waals surface area contributed by atoms with Crippen molar-refractivity contribution < 1.29 is 0 Å². The quantitative estimate of drug-likeness (QED) is 0.232. The van der Waals surface area contributed by atoms with Crippen LogP contribution in [-0.2, 0) is 9.49 Å². The number of rotatable bonds is 2. The third-order valence-electron chi connectivity index (χ3n) is 8.00. The maximum atomic E-state index is 2.37. The lowest BCUT2D eigenvalue weighted by atomic mass is 9.73. The molecule has 2 aliphatic rings. The summed E-state index contributed by atoms with van der Waals surface area (Å²) >= 11 is 2.12. The van der Waals surface area contributed by atoms with Crippen LogP contribution in [0, 0.1) is 0 Å². The maximum absolute atomic E-state index is 2.37. The molecule has 0 N–H and O–H groups in total. The van der Waals surface area contributed by atoms with Crippen molar-refractivity contribution in [2.45, 2.75) is 9.49 Å². The number of fused-ring (bicyclic) bond motifs is 7.